The molecule has 0 unspecified atom stereocenters. The minimum atomic E-state index is -0.526. The van der Waals surface area contributed by atoms with Gasteiger partial charge in [0.1, 0.15) is 11.3 Å². The van der Waals surface area contributed by atoms with Crippen molar-refractivity contribution in [3.05, 3.63) is 32.8 Å². The Morgan fingerprint density at radius 2 is 2.04 bits per heavy atom. The first-order valence-corrected chi connectivity index (χ1v) is 8.65. The summed E-state index contributed by atoms with van der Waals surface area (Å²) in [5.41, 5.74) is 0.169. The van der Waals surface area contributed by atoms with E-state index in [0.29, 0.717) is 18.8 Å². The van der Waals surface area contributed by atoms with Gasteiger partial charge in [0, 0.05) is 29.7 Å². The van der Waals surface area contributed by atoms with Crippen molar-refractivity contribution in [1.29, 1.82) is 0 Å². The third-order valence-electron chi connectivity index (χ3n) is 4.31. The SMILES string of the molecule is CC(C)(C)OC(=O)N1C[C@@H]2C[C@H]1CN2c1cc(Br)ccc1[N+](=O)[O-]. The van der Waals surface area contributed by atoms with E-state index in [1.165, 1.54) is 6.07 Å². The molecule has 2 saturated heterocycles. The lowest BCUT2D eigenvalue weighted by Crippen LogP contribution is -2.50. The number of nitro groups is 1. The topological polar surface area (TPSA) is 75.9 Å². The van der Waals surface area contributed by atoms with Crippen LogP contribution in [0.5, 0.6) is 0 Å². The summed E-state index contributed by atoms with van der Waals surface area (Å²) in [4.78, 5) is 27.0. The van der Waals surface area contributed by atoms with E-state index in [-0.39, 0.29) is 28.8 Å². The molecule has 0 spiro atoms. The molecule has 2 heterocycles. The van der Waals surface area contributed by atoms with E-state index in [9.17, 15) is 14.9 Å². The van der Waals surface area contributed by atoms with Crippen LogP contribution in [0, 0.1) is 10.1 Å². The lowest BCUT2D eigenvalue weighted by Gasteiger charge is -2.36. The summed E-state index contributed by atoms with van der Waals surface area (Å²) in [5.74, 6) is 0. The van der Waals surface area contributed by atoms with E-state index in [1.54, 1.807) is 17.0 Å². The Morgan fingerprint density at radius 1 is 1.33 bits per heavy atom. The molecule has 1 aromatic rings. The number of benzene rings is 1. The highest BCUT2D eigenvalue weighted by molar-refractivity contribution is 9.10. The van der Waals surface area contributed by atoms with E-state index in [1.807, 2.05) is 25.7 Å². The maximum atomic E-state index is 12.3. The molecule has 1 amide bonds. The Balaban J connectivity index is 1.78. The lowest BCUT2D eigenvalue weighted by atomic mass is 10.2. The second kappa shape index (κ2) is 5.91. The van der Waals surface area contributed by atoms with Crippen LogP contribution >= 0.6 is 15.9 Å². The van der Waals surface area contributed by atoms with E-state index in [4.69, 9.17) is 4.74 Å². The summed E-state index contributed by atoms with van der Waals surface area (Å²) in [5, 5.41) is 11.3. The number of nitrogens with zero attached hydrogens (tertiary/aromatic N) is 3. The zero-order chi connectivity index (χ0) is 17.6. The first-order valence-electron chi connectivity index (χ1n) is 7.86. The van der Waals surface area contributed by atoms with Gasteiger partial charge in [0.25, 0.3) is 5.69 Å². The monoisotopic (exact) mass is 397 g/mol. The van der Waals surface area contributed by atoms with Crippen LogP contribution < -0.4 is 4.90 Å². The van der Waals surface area contributed by atoms with Gasteiger partial charge in [0.05, 0.1) is 11.0 Å². The van der Waals surface area contributed by atoms with Gasteiger partial charge in [0.2, 0.25) is 0 Å². The molecule has 2 atom stereocenters. The van der Waals surface area contributed by atoms with Crippen LogP contribution in [0.25, 0.3) is 0 Å². The van der Waals surface area contributed by atoms with Crippen LogP contribution in [0.4, 0.5) is 16.2 Å². The smallest absolute Gasteiger partial charge is 0.410 e. The molecule has 2 aliphatic rings. The fourth-order valence-corrected chi connectivity index (χ4v) is 3.74. The highest BCUT2D eigenvalue weighted by Crippen LogP contribution is 2.40. The molecule has 0 aliphatic carbocycles. The molecular formula is C16H20BrN3O4. The van der Waals surface area contributed by atoms with Crippen molar-refractivity contribution < 1.29 is 14.5 Å². The highest BCUT2D eigenvalue weighted by atomic mass is 79.9. The van der Waals surface area contributed by atoms with Gasteiger partial charge in [-0.3, -0.25) is 10.1 Å². The molecule has 1 aromatic carbocycles. The fraction of sp³-hybridized carbons (Fsp3) is 0.562. The Kier molecular flexibility index (Phi) is 4.19. The van der Waals surface area contributed by atoms with Crippen LogP contribution in [0.3, 0.4) is 0 Å². The molecule has 0 N–H and O–H groups in total. The third kappa shape index (κ3) is 3.19. The van der Waals surface area contributed by atoms with E-state index < -0.39 is 5.60 Å². The van der Waals surface area contributed by atoms with Gasteiger partial charge < -0.3 is 14.5 Å². The Morgan fingerprint density at radius 3 is 2.58 bits per heavy atom. The number of hydrogen-bond donors (Lipinski definition) is 0. The molecule has 2 bridgehead atoms. The third-order valence-corrected chi connectivity index (χ3v) is 4.81. The molecule has 7 nitrogen and oxygen atoms in total. The van der Waals surface area contributed by atoms with E-state index in [2.05, 4.69) is 15.9 Å². The van der Waals surface area contributed by atoms with Crippen molar-refractivity contribution in [3.63, 3.8) is 0 Å². The first kappa shape index (κ1) is 17.0. The molecule has 8 heteroatoms. The van der Waals surface area contributed by atoms with Crippen LogP contribution in [0.2, 0.25) is 0 Å². The number of carbonyl (C=O) groups is 1. The minimum absolute atomic E-state index is 0.0310. The number of nitro benzene ring substituents is 1. The Hall–Kier alpha value is -1.83. The largest absolute Gasteiger partial charge is 0.444 e. The molecule has 24 heavy (non-hydrogen) atoms. The predicted molar refractivity (Wildman–Crippen MR) is 93.3 cm³/mol. The van der Waals surface area contributed by atoms with Crippen LogP contribution in [0.15, 0.2) is 22.7 Å². The predicted octanol–water partition coefficient (Wildman–Crippen LogP) is 3.56. The first-order chi connectivity index (χ1) is 11.2. The number of ether oxygens (including phenoxy) is 1. The highest BCUT2D eigenvalue weighted by Gasteiger charge is 2.47. The maximum Gasteiger partial charge on any atom is 0.410 e. The van der Waals surface area contributed by atoms with Gasteiger partial charge in [-0.1, -0.05) is 15.9 Å². The summed E-state index contributed by atoms with van der Waals surface area (Å²) >= 11 is 3.38. The number of fused-ring (bicyclic) bond motifs is 2. The fourth-order valence-electron chi connectivity index (χ4n) is 3.39. The normalized spacial score (nSPS) is 22.8. The van der Waals surface area contributed by atoms with Crippen molar-refractivity contribution in [1.82, 2.24) is 4.90 Å². The van der Waals surface area contributed by atoms with Crippen molar-refractivity contribution >= 4 is 33.4 Å². The molecule has 0 radical (unpaired) electrons. The molecule has 2 fully saturated rings. The summed E-state index contributed by atoms with van der Waals surface area (Å²) in [6, 6.07) is 5.07. The van der Waals surface area contributed by atoms with Gasteiger partial charge in [0.15, 0.2) is 0 Å². The molecular weight excluding hydrogens is 378 g/mol. The quantitative estimate of drug-likeness (QED) is 0.563. The number of rotatable bonds is 2. The summed E-state index contributed by atoms with van der Waals surface area (Å²) in [6.07, 6.45) is 0.501. The summed E-state index contributed by atoms with van der Waals surface area (Å²) in [7, 11) is 0. The van der Waals surface area contributed by atoms with Gasteiger partial charge in [-0.05, 0) is 39.3 Å². The zero-order valence-electron chi connectivity index (χ0n) is 13.9. The van der Waals surface area contributed by atoms with Gasteiger partial charge in [-0.15, -0.1) is 0 Å². The number of amides is 1. The summed E-state index contributed by atoms with van der Waals surface area (Å²) < 4.78 is 6.25. The molecule has 3 rings (SSSR count). The second-order valence-corrected chi connectivity index (χ2v) is 8.13. The maximum absolute atomic E-state index is 12.3. The molecule has 0 saturated carbocycles. The van der Waals surface area contributed by atoms with Crippen molar-refractivity contribution in [2.45, 2.75) is 44.9 Å². The van der Waals surface area contributed by atoms with E-state index >= 15 is 0 Å². The second-order valence-electron chi connectivity index (χ2n) is 7.22. The Bertz CT molecular complexity index is 688. The number of carbonyl (C=O) groups excluding carboxylic acids is 1. The number of anilines is 1. The van der Waals surface area contributed by atoms with Gasteiger partial charge in [-0.25, -0.2) is 4.79 Å². The van der Waals surface area contributed by atoms with Crippen molar-refractivity contribution in [2.24, 2.45) is 0 Å². The number of likely N-dealkylation sites (tertiary alicyclic amines) is 1. The standard InChI is InChI=1S/C16H20BrN3O4/c1-16(2,3)24-15(21)19-9-11-7-12(19)8-18(11)14-6-10(17)4-5-13(14)20(22)23/h4-6,11-12H,7-9H2,1-3H3/t11-,12-/m0/s1. The van der Waals surface area contributed by atoms with Gasteiger partial charge in [-0.2, -0.15) is 0 Å². The van der Waals surface area contributed by atoms with Crippen LogP contribution in [-0.2, 0) is 4.74 Å². The molecule has 130 valence electrons. The van der Waals surface area contributed by atoms with Crippen LogP contribution in [0.1, 0.15) is 27.2 Å². The van der Waals surface area contributed by atoms with Crippen molar-refractivity contribution in [2.75, 3.05) is 18.0 Å². The number of hydrogen-bond acceptors (Lipinski definition) is 5. The molecule has 2 aliphatic heterocycles. The minimum Gasteiger partial charge on any atom is -0.444 e. The summed E-state index contributed by atoms with van der Waals surface area (Å²) in [6.45, 7) is 6.65. The Labute approximate surface area is 148 Å². The zero-order valence-corrected chi connectivity index (χ0v) is 15.4. The lowest BCUT2D eigenvalue weighted by molar-refractivity contribution is -0.384. The number of piperazine rings is 1. The number of halogens is 1. The average molecular weight is 398 g/mol. The average Bonchev–Trinajstić information content (AvgIpc) is 3.04. The van der Waals surface area contributed by atoms with Crippen LogP contribution in [-0.4, -0.2) is 46.7 Å². The van der Waals surface area contributed by atoms with E-state index in [0.717, 1.165) is 10.9 Å². The van der Waals surface area contributed by atoms with Gasteiger partial charge >= 0.3 is 6.09 Å². The van der Waals surface area contributed by atoms with Crippen molar-refractivity contribution in [3.8, 4) is 0 Å². The molecule has 0 aromatic heterocycles.